The Hall–Kier alpha value is -19.2. The summed E-state index contributed by atoms with van der Waals surface area (Å²) in [6.07, 6.45) is 14.9. The van der Waals surface area contributed by atoms with E-state index in [1.54, 1.807) is 6.20 Å². The van der Waals surface area contributed by atoms with Crippen LogP contribution < -0.4 is 4.57 Å². The molecule has 20 aromatic carbocycles. The monoisotopic (exact) mass is 1820 g/mol. The molecule has 8 heteroatoms. The van der Waals surface area contributed by atoms with E-state index in [-0.39, 0.29) is 0 Å². The van der Waals surface area contributed by atoms with E-state index in [0.29, 0.717) is 0 Å². The summed E-state index contributed by atoms with van der Waals surface area (Å²) < 4.78 is 2.32. The van der Waals surface area contributed by atoms with Crippen LogP contribution in [0.3, 0.4) is 0 Å². The van der Waals surface area contributed by atoms with E-state index in [1.807, 2.05) is 79.8 Å². The Balaban J connectivity index is 0.000000114. The minimum Gasteiger partial charge on any atom is -0.265 e. The normalized spacial score (nSPS) is 11.4. The molecule has 0 amide bonds. The van der Waals surface area contributed by atoms with Crippen LogP contribution in [0.2, 0.25) is 0 Å². The average Bonchev–Trinajstić information content (AvgIpc) is 1.60. The van der Waals surface area contributed by atoms with Crippen molar-refractivity contribution < 1.29 is 4.57 Å². The molecule has 0 unspecified atom stereocenters. The maximum atomic E-state index is 5.02. The molecular formula is C135H89N8+. The number of H-pyrrole nitrogens is 1. The van der Waals surface area contributed by atoms with Crippen LogP contribution in [0.4, 0.5) is 0 Å². The van der Waals surface area contributed by atoms with E-state index >= 15 is 0 Å². The molecule has 143 heavy (non-hydrogen) atoms. The van der Waals surface area contributed by atoms with Gasteiger partial charge >= 0.3 is 0 Å². The number of benzene rings is 20. The Kier molecular flexibility index (Phi) is 22.6. The predicted octanol–water partition coefficient (Wildman–Crippen LogP) is 34.8. The molecule has 668 valence electrons. The largest absolute Gasteiger partial charge is 0.292 e. The lowest BCUT2D eigenvalue weighted by Gasteiger charge is -2.19. The fourth-order valence-corrected chi connectivity index (χ4v) is 21.0. The lowest BCUT2D eigenvalue weighted by Crippen LogP contribution is -2.31. The third-order valence-corrected chi connectivity index (χ3v) is 27.8. The Morgan fingerprint density at radius 1 is 0.161 bits per heavy atom. The number of rotatable bonds is 15. The smallest absolute Gasteiger partial charge is 0.265 e. The number of pyridine rings is 6. The molecule has 0 aliphatic rings. The van der Waals surface area contributed by atoms with Gasteiger partial charge in [0.15, 0.2) is 11.0 Å². The number of fused-ring (bicyclic) bond motifs is 9. The molecular weight excluding hydrogens is 1730 g/mol. The van der Waals surface area contributed by atoms with Gasteiger partial charge in [-0.3, -0.25) is 29.9 Å². The van der Waals surface area contributed by atoms with Gasteiger partial charge in [-0.25, -0.2) is 4.98 Å². The summed E-state index contributed by atoms with van der Waals surface area (Å²) in [5.74, 6) is 1.06. The summed E-state index contributed by atoms with van der Waals surface area (Å²) in [5, 5.41) is 19.5. The van der Waals surface area contributed by atoms with Crippen LogP contribution in [0.25, 0.3) is 259 Å². The van der Waals surface area contributed by atoms with Gasteiger partial charge in [0, 0.05) is 66.3 Å². The summed E-state index contributed by atoms with van der Waals surface area (Å²) >= 11 is 0. The Morgan fingerprint density at radius 2 is 0.483 bits per heavy atom. The zero-order valence-corrected chi connectivity index (χ0v) is 77.9. The first kappa shape index (κ1) is 85.5. The third-order valence-electron chi connectivity index (χ3n) is 27.8. The quantitative estimate of drug-likeness (QED) is 0.0811. The van der Waals surface area contributed by atoms with E-state index in [2.05, 4.69) is 478 Å². The molecule has 0 aliphatic carbocycles. The summed E-state index contributed by atoms with van der Waals surface area (Å²) in [6.45, 7) is 0. The molecule has 27 rings (SSSR count). The SMILES string of the molecule is c1ccc(-[n+]2c(-c3ccc(-c4ccc5c(-c6ccc7ccccc7c6)c6ccccc6c(-c6ccc7ccccc7c6)c5c4)cc3)[nH]c3ccccc32)cc1.c1ccc(-c2ccc3c(-c4ccc(-c5ccccn5)nc4)c4ccccc4c(-c4ccc(-c5ccccn5)cn4)c3c2)cc1.c1ccc(-c2ccc3c(-c4cccc(-c5ccncc5)c4)c4ccccc4c(-c4cccc(-c5ccncc5)c4)c3c2)cc1. The van der Waals surface area contributed by atoms with Gasteiger partial charge in [0.2, 0.25) is 0 Å². The van der Waals surface area contributed by atoms with Gasteiger partial charge in [0.05, 0.1) is 28.3 Å². The van der Waals surface area contributed by atoms with Crippen molar-refractivity contribution in [1.29, 1.82) is 0 Å². The molecule has 0 aliphatic heterocycles. The fourth-order valence-electron chi connectivity index (χ4n) is 21.0. The molecule has 0 radical (unpaired) electrons. The first-order valence-electron chi connectivity index (χ1n) is 48.4. The van der Waals surface area contributed by atoms with Gasteiger partial charge < -0.3 is 0 Å². The first-order chi connectivity index (χ1) is 70.9. The summed E-state index contributed by atoms with van der Waals surface area (Å²) in [6, 6.07) is 174. The Labute approximate surface area is 828 Å². The second-order valence-electron chi connectivity index (χ2n) is 36.2. The highest BCUT2D eigenvalue weighted by Gasteiger charge is 2.27. The van der Waals surface area contributed by atoms with Crippen LogP contribution >= 0.6 is 0 Å². The zero-order valence-electron chi connectivity index (χ0n) is 77.9. The standard InChI is InChI=1S/C53H34N2.C42H28N2.C40H26N4/c1-2-16-44(17-3-1)55-50-21-11-10-20-49(50)54-53(55)38-26-22-37(23-27-38)41-30-31-47-48(34-41)52(43-29-25-36-13-5-7-15-40(36)33-43)46-19-9-8-18-45(46)51(47)42-28-24-35-12-4-6-14-39(35)32-42;1-2-8-29(9-3-1)34-16-17-39-40(28-34)42(36-13-7-11-33(27-36)31-20-24-44-25-21-31)38-15-5-4-14-37(38)41(39)35-12-6-10-32(26-35)30-18-22-43-23-19-30;1-2-10-27(11-3-1)28-16-19-33-34(24-28)40(38-21-17-29(25-44-38)35-14-6-8-22-41-35)32-13-5-4-12-31(32)39(33)30-18-20-37(43-26-30)36-15-7-9-23-42-36/h1-34H;1-28H;1-26H/p+1. The highest BCUT2D eigenvalue weighted by atomic mass is 15.1. The number of nitrogens with zero attached hydrogens (tertiary/aromatic N) is 7. The van der Waals surface area contributed by atoms with Crippen LogP contribution in [0, 0.1) is 0 Å². The van der Waals surface area contributed by atoms with E-state index in [1.165, 1.54) is 148 Å². The minimum atomic E-state index is 0.850. The van der Waals surface area contributed by atoms with Crippen LogP contribution in [0.1, 0.15) is 0 Å². The van der Waals surface area contributed by atoms with Crippen molar-refractivity contribution in [2.24, 2.45) is 0 Å². The first-order valence-corrected chi connectivity index (χ1v) is 48.4. The van der Waals surface area contributed by atoms with Crippen LogP contribution in [0.5, 0.6) is 0 Å². The number of imidazole rings is 1. The number of aromatic nitrogens is 8. The maximum Gasteiger partial charge on any atom is 0.292 e. The van der Waals surface area contributed by atoms with Crippen molar-refractivity contribution in [1.82, 2.24) is 34.9 Å². The molecule has 0 saturated heterocycles. The predicted molar refractivity (Wildman–Crippen MR) is 596 cm³/mol. The topological polar surface area (TPSA) is 97.0 Å². The van der Waals surface area contributed by atoms with Crippen molar-refractivity contribution in [2.45, 2.75) is 0 Å². The third kappa shape index (κ3) is 16.5. The van der Waals surface area contributed by atoms with E-state index in [0.717, 1.165) is 111 Å². The molecule has 7 aromatic heterocycles. The second-order valence-corrected chi connectivity index (χ2v) is 36.2. The lowest BCUT2D eigenvalue weighted by atomic mass is 9.84. The number of nitrogens with one attached hydrogen (secondary N) is 1. The second kappa shape index (κ2) is 37.7. The molecule has 7 heterocycles. The van der Waals surface area contributed by atoms with Gasteiger partial charge in [-0.15, -0.1) is 0 Å². The maximum absolute atomic E-state index is 5.02. The van der Waals surface area contributed by atoms with Gasteiger partial charge in [-0.1, -0.05) is 340 Å². The van der Waals surface area contributed by atoms with E-state index in [9.17, 15) is 0 Å². The number of aromatic amines is 1. The minimum absolute atomic E-state index is 0.850. The number of hydrogen-bond donors (Lipinski definition) is 1. The van der Waals surface area contributed by atoms with Crippen molar-refractivity contribution in [3.8, 4) is 162 Å². The fraction of sp³-hybridized carbons (Fsp3) is 0. The van der Waals surface area contributed by atoms with Gasteiger partial charge in [-0.05, 0) is 337 Å². The van der Waals surface area contributed by atoms with Crippen molar-refractivity contribution in [3.05, 3.63) is 535 Å². The van der Waals surface area contributed by atoms with Gasteiger partial charge in [0.25, 0.3) is 5.82 Å². The molecule has 0 fully saturated rings. The van der Waals surface area contributed by atoms with Gasteiger partial charge in [-0.2, -0.15) is 4.57 Å². The molecule has 0 bridgehead atoms. The highest BCUT2D eigenvalue weighted by Crippen LogP contribution is 2.51. The molecule has 1 N–H and O–H groups in total. The molecule has 0 saturated carbocycles. The molecule has 27 aromatic rings. The molecule has 0 atom stereocenters. The Morgan fingerprint density at radius 3 is 0.958 bits per heavy atom. The Bertz CT molecular complexity index is 9460. The molecule has 8 nitrogen and oxygen atoms in total. The zero-order chi connectivity index (χ0) is 94.9. The lowest BCUT2D eigenvalue weighted by molar-refractivity contribution is -0.554. The van der Waals surface area contributed by atoms with Crippen molar-refractivity contribution in [3.63, 3.8) is 0 Å². The number of para-hydroxylation sites is 3. The van der Waals surface area contributed by atoms with Crippen LogP contribution in [-0.2, 0) is 0 Å². The van der Waals surface area contributed by atoms with Gasteiger partial charge in [0.1, 0.15) is 5.69 Å². The van der Waals surface area contributed by atoms with Crippen molar-refractivity contribution >= 4 is 97.2 Å². The number of hydrogen-bond acceptors (Lipinski definition) is 6. The van der Waals surface area contributed by atoms with Crippen LogP contribution in [-0.4, -0.2) is 34.9 Å². The van der Waals surface area contributed by atoms with E-state index < -0.39 is 0 Å². The van der Waals surface area contributed by atoms with Crippen LogP contribution in [0.15, 0.2) is 535 Å². The van der Waals surface area contributed by atoms with Crippen molar-refractivity contribution in [2.75, 3.05) is 0 Å². The van der Waals surface area contributed by atoms with E-state index in [4.69, 9.17) is 9.97 Å². The average molecular weight is 1820 g/mol. The summed E-state index contributed by atoms with van der Waals surface area (Å²) in [5.41, 5.74) is 34.0. The summed E-state index contributed by atoms with van der Waals surface area (Å²) in [7, 11) is 0. The summed E-state index contributed by atoms with van der Waals surface area (Å²) in [4.78, 5) is 31.0. The molecule has 0 spiro atoms. The highest BCUT2D eigenvalue weighted by molar-refractivity contribution is 6.26.